The van der Waals surface area contributed by atoms with Gasteiger partial charge in [0.1, 0.15) is 23.4 Å². The summed E-state index contributed by atoms with van der Waals surface area (Å²) in [6.45, 7) is 3.89. The first-order valence-corrected chi connectivity index (χ1v) is 10.1. The fourth-order valence-electron chi connectivity index (χ4n) is 3.57. The van der Waals surface area contributed by atoms with Crippen LogP contribution in [0.1, 0.15) is 31.0 Å². The van der Waals surface area contributed by atoms with Crippen molar-refractivity contribution in [3.8, 4) is 11.5 Å². The molecule has 0 amide bonds. The van der Waals surface area contributed by atoms with E-state index in [0.29, 0.717) is 28.3 Å². The van der Waals surface area contributed by atoms with Crippen molar-refractivity contribution in [3.63, 3.8) is 0 Å². The van der Waals surface area contributed by atoms with Gasteiger partial charge in [-0.1, -0.05) is 30.3 Å². The number of benzene rings is 2. The Morgan fingerprint density at radius 2 is 1.87 bits per heavy atom. The second-order valence-electron chi connectivity index (χ2n) is 7.01. The topological polar surface area (TPSA) is 89.1 Å². The number of carbonyl (C=O) groups excluding carboxylic acids is 1. The number of rotatable bonds is 7. The molecule has 3 N–H and O–H groups in total. The molecule has 2 aromatic carbocycles. The van der Waals surface area contributed by atoms with Crippen molar-refractivity contribution in [1.82, 2.24) is 10.6 Å². The molecule has 0 radical (unpaired) electrons. The summed E-state index contributed by atoms with van der Waals surface area (Å²) in [5.41, 5.74) is 2.61. The smallest absolute Gasteiger partial charge is 0.337 e. The predicted molar refractivity (Wildman–Crippen MR) is 119 cm³/mol. The van der Waals surface area contributed by atoms with Crippen molar-refractivity contribution in [2.75, 3.05) is 20.8 Å². The number of methoxy groups -OCH3 is 2. The minimum atomic E-state index is -0.445. The molecule has 0 spiro atoms. The summed E-state index contributed by atoms with van der Waals surface area (Å²) < 4.78 is 15.9. The molecule has 7 heteroatoms. The molecule has 1 aliphatic heterocycles. The van der Waals surface area contributed by atoms with Gasteiger partial charge in [-0.15, -0.1) is 0 Å². The molecule has 0 aromatic heterocycles. The lowest BCUT2D eigenvalue weighted by Gasteiger charge is -2.34. The summed E-state index contributed by atoms with van der Waals surface area (Å²) in [6.07, 6.45) is 1.19. The van der Waals surface area contributed by atoms with E-state index < -0.39 is 12.2 Å². The molecule has 0 bridgehead atoms. The first-order valence-electron chi connectivity index (χ1n) is 10.1. The Morgan fingerprint density at radius 3 is 2.52 bits per heavy atom. The highest BCUT2D eigenvalue weighted by molar-refractivity contribution is 5.91. The number of hydrogen-bond donors (Lipinski definition) is 3. The summed E-state index contributed by atoms with van der Waals surface area (Å²) in [7, 11) is 3.10. The van der Waals surface area contributed by atoms with Gasteiger partial charge < -0.3 is 24.6 Å². The Morgan fingerprint density at radius 1 is 1.13 bits per heavy atom. The maximum Gasteiger partial charge on any atom is 0.337 e. The molecule has 31 heavy (non-hydrogen) atoms. The lowest BCUT2D eigenvalue weighted by molar-refractivity contribution is -0.139. The van der Waals surface area contributed by atoms with Crippen LogP contribution in [0.15, 0.2) is 65.9 Å². The Bertz CT molecular complexity index is 985. The zero-order chi connectivity index (χ0) is 22.4. The van der Waals surface area contributed by atoms with Gasteiger partial charge in [-0.3, -0.25) is 5.32 Å². The van der Waals surface area contributed by atoms with Crippen LogP contribution < -0.4 is 20.1 Å². The summed E-state index contributed by atoms with van der Waals surface area (Å²) in [6, 6.07) is 14.4. The molecule has 0 saturated heterocycles. The van der Waals surface area contributed by atoms with Crippen LogP contribution in [0.25, 0.3) is 5.76 Å². The van der Waals surface area contributed by atoms with Crippen molar-refractivity contribution in [2.24, 2.45) is 0 Å². The van der Waals surface area contributed by atoms with Gasteiger partial charge >= 0.3 is 5.97 Å². The van der Waals surface area contributed by atoms with Crippen molar-refractivity contribution in [3.05, 3.63) is 77.0 Å². The fourth-order valence-corrected chi connectivity index (χ4v) is 3.57. The monoisotopic (exact) mass is 424 g/mol. The van der Waals surface area contributed by atoms with Crippen LogP contribution in [-0.2, 0) is 9.53 Å². The van der Waals surface area contributed by atoms with Crippen LogP contribution in [0, 0.1) is 0 Å². The number of aliphatic hydroxyl groups excluding tert-OH is 1. The van der Waals surface area contributed by atoms with Gasteiger partial charge in [-0.25, -0.2) is 4.79 Å². The molecule has 0 fully saturated rings. The highest BCUT2D eigenvalue weighted by Crippen LogP contribution is 2.31. The third-order valence-corrected chi connectivity index (χ3v) is 5.05. The maximum absolute atomic E-state index is 12.6. The predicted octanol–water partition coefficient (Wildman–Crippen LogP) is 3.70. The van der Waals surface area contributed by atoms with E-state index in [1.54, 1.807) is 45.4 Å². The van der Waals surface area contributed by atoms with E-state index in [4.69, 9.17) is 14.2 Å². The van der Waals surface area contributed by atoms with Gasteiger partial charge in [0.15, 0.2) is 0 Å². The first kappa shape index (κ1) is 22.2. The Kier molecular flexibility index (Phi) is 7.20. The van der Waals surface area contributed by atoms with Crippen LogP contribution >= 0.6 is 0 Å². The first-order chi connectivity index (χ1) is 15.0. The summed E-state index contributed by atoms with van der Waals surface area (Å²) in [4.78, 5) is 12.6. The second kappa shape index (κ2) is 10.0. The fraction of sp³-hybridized carbons (Fsp3) is 0.292. The number of esters is 1. The molecule has 2 aromatic rings. The molecule has 7 nitrogen and oxygen atoms in total. The molecular formula is C24H28N2O5. The van der Waals surface area contributed by atoms with E-state index in [9.17, 15) is 9.90 Å². The zero-order valence-corrected chi connectivity index (χ0v) is 18.1. The van der Waals surface area contributed by atoms with Gasteiger partial charge in [0.05, 0.1) is 38.0 Å². The van der Waals surface area contributed by atoms with Crippen molar-refractivity contribution >= 4 is 11.7 Å². The third kappa shape index (κ3) is 5.00. The van der Waals surface area contributed by atoms with E-state index in [-0.39, 0.29) is 18.3 Å². The highest BCUT2D eigenvalue weighted by atomic mass is 16.5. The van der Waals surface area contributed by atoms with Gasteiger partial charge in [-0.2, -0.15) is 0 Å². The number of nitrogens with one attached hydrogen (secondary N) is 2. The minimum absolute atomic E-state index is 0.0138. The van der Waals surface area contributed by atoms with Gasteiger partial charge in [-0.05, 0) is 43.7 Å². The van der Waals surface area contributed by atoms with Crippen LogP contribution in [0.2, 0.25) is 0 Å². The minimum Gasteiger partial charge on any atom is -0.507 e. The lowest BCUT2D eigenvalue weighted by Crippen LogP contribution is -2.49. The van der Waals surface area contributed by atoms with E-state index in [0.717, 1.165) is 5.56 Å². The van der Waals surface area contributed by atoms with Crippen molar-refractivity contribution in [2.45, 2.75) is 26.1 Å². The van der Waals surface area contributed by atoms with Crippen molar-refractivity contribution < 1.29 is 24.1 Å². The Hall–Kier alpha value is -3.45. The van der Waals surface area contributed by atoms with Crippen LogP contribution in [0.3, 0.4) is 0 Å². The average molecular weight is 424 g/mol. The molecule has 3 rings (SSSR count). The number of hydrogen-bond acceptors (Lipinski definition) is 7. The molecule has 0 saturated carbocycles. The molecule has 0 aliphatic carbocycles. The van der Waals surface area contributed by atoms with Crippen LogP contribution in [0.4, 0.5) is 0 Å². The molecule has 2 atom stereocenters. The van der Waals surface area contributed by atoms with E-state index in [1.807, 2.05) is 37.3 Å². The number of allylic oxidation sites excluding steroid dienone is 1. The van der Waals surface area contributed by atoms with E-state index in [1.165, 1.54) is 0 Å². The largest absolute Gasteiger partial charge is 0.507 e. The van der Waals surface area contributed by atoms with Gasteiger partial charge in [0.25, 0.3) is 0 Å². The quantitative estimate of drug-likeness (QED) is 0.461. The number of ether oxygens (including phenoxy) is 3. The third-order valence-electron chi connectivity index (χ3n) is 5.05. The van der Waals surface area contributed by atoms with Crippen LogP contribution in [-0.4, -0.2) is 38.1 Å². The summed E-state index contributed by atoms with van der Waals surface area (Å²) in [5.74, 6) is 0.752. The van der Waals surface area contributed by atoms with Gasteiger partial charge in [0, 0.05) is 5.70 Å². The summed E-state index contributed by atoms with van der Waals surface area (Å²) in [5, 5.41) is 17.5. The number of carbonyl (C=O) groups is 1. The SMILES string of the molecule is CCOC(=O)C1=C(C)NC(/C=C(\O)c2cc(OC)ccc2OC)NC1c1ccccc1. The standard InChI is InChI=1S/C24H28N2O5/c1-5-31-24(28)22-15(2)25-21(26-23(22)16-9-7-6-8-10-16)14-19(27)18-13-17(29-3)11-12-20(18)30-4/h6-14,21,23,25-27H,5H2,1-4H3/b19-14-. The van der Waals surface area contributed by atoms with Gasteiger partial charge in [0.2, 0.25) is 0 Å². The maximum atomic E-state index is 12.6. The number of aliphatic hydroxyl groups is 1. The van der Waals surface area contributed by atoms with Crippen molar-refractivity contribution in [1.29, 1.82) is 0 Å². The van der Waals surface area contributed by atoms with E-state index >= 15 is 0 Å². The Labute approximate surface area is 182 Å². The normalized spacial score (nSPS) is 18.9. The second-order valence-corrected chi connectivity index (χ2v) is 7.01. The molecule has 1 heterocycles. The lowest BCUT2D eigenvalue weighted by atomic mass is 9.94. The average Bonchev–Trinajstić information content (AvgIpc) is 2.78. The molecular weight excluding hydrogens is 396 g/mol. The summed E-state index contributed by atoms with van der Waals surface area (Å²) >= 11 is 0. The highest BCUT2D eigenvalue weighted by Gasteiger charge is 2.32. The van der Waals surface area contributed by atoms with Crippen LogP contribution in [0.5, 0.6) is 11.5 Å². The van der Waals surface area contributed by atoms with E-state index in [2.05, 4.69) is 10.6 Å². The molecule has 164 valence electrons. The molecule has 1 aliphatic rings. The zero-order valence-electron chi connectivity index (χ0n) is 18.1. The molecule has 2 unspecified atom stereocenters. The Balaban J connectivity index is 1.98.